The quantitative estimate of drug-likeness (QED) is 0.887. The van der Waals surface area contributed by atoms with Gasteiger partial charge in [-0.05, 0) is 55.5 Å². The van der Waals surface area contributed by atoms with Gasteiger partial charge in [-0.2, -0.15) is 5.10 Å². The molecule has 0 bridgehead atoms. The molecule has 1 fully saturated rings. The molecule has 1 aliphatic carbocycles. The standard InChI is InChI=1S/C17H29N3/c1-4-17(2,3)13-7-8-15-14(10-13)16(20-19-15)12-6-5-9-18-11-12/h12-13,18H,4-11H2,1-3H3,(H,19,20). The molecule has 1 saturated heterocycles. The van der Waals surface area contributed by atoms with Gasteiger partial charge in [-0.25, -0.2) is 0 Å². The first-order valence-corrected chi connectivity index (χ1v) is 8.38. The van der Waals surface area contributed by atoms with Crippen LogP contribution in [0.4, 0.5) is 0 Å². The van der Waals surface area contributed by atoms with Gasteiger partial charge in [0.05, 0.1) is 5.69 Å². The molecular weight excluding hydrogens is 246 g/mol. The molecule has 20 heavy (non-hydrogen) atoms. The average molecular weight is 275 g/mol. The van der Waals surface area contributed by atoms with Gasteiger partial charge < -0.3 is 5.32 Å². The van der Waals surface area contributed by atoms with Crippen molar-refractivity contribution >= 4 is 0 Å². The van der Waals surface area contributed by atoms with Crippen molar-refractivity contribution in [3.8, 4) is 0 Å². The summed E-state index contributed by atoms with van der Waals surface area (Å²) in [6.45, 7) is 9.49. The lowest BCUT2D eigenvalue weighted by Gasteiger charge is -2.36. The minimum atomic E-state index is 0.455. The molecule has 3 heteroatoms. The van der Waals surface area contributed by atoms with Crippen molar-refractivity contribution in [2.45, 2.75) is 65.2 Å². The summed E-state index contributed by atoms with van der Waals surface area (Å²) in [4.78, 5) is 0. The van der Waals surface area contributed by atoms with Gasteiger partial charge in [-0.1, -0.05) is 27.2 Å². The molecule has 0 amide bonds. The summed E-state index contributed by atoms with van der Waals surface area (Å²) >= 11 is 0. The van der Waals surface area contributed by atoms with E-state index in [0.717, 1.165) is 12.5 Å². The first-order valence-electron chi connectivity index (χ1n) is 8.38. The Kier molecular flexibility index (Phi) is 3.89. The van der Waals surface area contributed by atoms with Crippen LogP contribution in [-0.2, 0) is 12.8 Å². The largest absolute Gasteiger partial charge is 0.316 e. The number of H-pyrrole nitrogens is 1. The number of aryl methyl sites for hydroxylation is 1. The monoisotopic (exact) mass is 275 g/mol. The fraction of sp³-hybridized carbons (Fsp3) is 0.824. The predicted molar refractivity (Wildman–Crippen MR) is 83.0 cm³/mol. The second-order valence-corrected chi connectivity index (χ2v) is 7.39. The van der Waals surface area contributed by atoms with Crippen molar-refractivity contribution in [3.05, 3.63) is 17.0 Å². The van der Waals surface area contributed by atoms with Gasteiger partial charge >= 0.3 is 0 Å². The Balaban J connectivity index is 1.82. The van der Waals surface area contributed by atoms with E-state index in [1.54, 1.807) is 5.56 Å². The Morgan fingerprint density at radius 3 is 2.85 bits per heavy atom. The van der Waals surface area contributed by atoms with Crippen LogP contribution < -0.4 is 5.32 Å². The fourth-order valence-corrected chi connectivity index (χ4v) is 3.90. The number of aromatic amines is 1. The number of aromatic nitrogens is 2. The fourth-order valence-electron chi connectivity index (χ4n) is 3.90. The first kappa shape index (κ1) is 14.1. The Morgan fingerprint density at radius 1 is 1.30 bits per heavy atom. The van der Waals surface area contributed by atoms with E-state index in [1.165, 1.54) is 56.5 Å². The van der Waals surface area contributed by atoms with Crippen molar-refractivity contribution < 1.29 is 0 Å². The molecule has 1 aromatic rings. The molecule has 1 aromatic heterocycles. The molecule has 3 nitrogen and oxygen atoms in total. The zero-order valence-electron chi connectivity index (χ0n) is 13.3. The number of nitrogens with one attached hydrogen (secondary N) is 2. The third-order valence-electron chi connectivity index (χ3n) is 5.88. The van der Waals surface area contributed by atoms with E-state index in [0.29, 0.717) is 11.3 Å². The molecule has 2 unspecified atom stereocenters. The number of fused-ring (bicyclic) bond motifs is 1. The lowest BCUT2D eigenvalue weighted by Crippen LogP contribution is -2.31. The number of hydrogen-bond donors (Lipinski definition) is 2. The van der Waals surface area contributed by atoms with E-state index in [1.807, 2.05) is 0 Å². The zero-order chi connectivity index (χ0) is 14.2. The summed E-state index contributed by atoms with van der Waals surface area (Å²) in [5, 5.41) is 11.6. The zero-order valence-corrected chi connectivity index (χ0v) is 13.3. The van der Waals surface area contributed by atoms with Gasteiger partial charge in [-0.3, -0.25) is 5.10 Å². The first-order chi connectivity index (χ1) is 9.62. The van der Waals surface area contributed by atoms with Crippen LogP contribution in [0.15, 0.2) is 0 Å². The second kappa shape index (κ2) is 5.51. The minimum Gasteiger partial charge on any atom is -0.316 e. The average Bonchev–Trinajstić information content (AvgIpc) is 2.91. The van der Waals surface area contributed by atoms with Gasteiger partial charge in [0.15, 0.2) is 0 Å². The molecule has 2 N–H and O–H groups in total. The summed E-state index contributed by atoms with van der Waals surface area (Å²) in [5.41, 5.74) is 4.82. The van der Waals surface area contributed by atoms with E-state index in [9.17, 15) is 0 Å². The topological polar surface area (TPSA) is 40.7 Å². The van der Waals surface area contributed by atoms with E-state index < -0.39 is 0 Å². The third-order valence-corrected chi connectivity index (χ3v) is 5.88. The number of hydrogen-bond acceptors (Lipinski definition) is 2. The molecule has 0 radical (unpaired) electrons. The molecule has 0 saturated carbocycles. The molecule has 0 aromatic carbocycles. The molecule has 112 valence electrons. The summed E-state index contributed by atoms with van der Waals surface area (Å²) in [7, 11) is 0. The maximum atomic E-state index is 4.70. The van der Waals surface area contributed by atoms with Crippen molar-refractivity contribution in [1.82, 2.24) is 15.5 Å². The summed E-state index contributed by atoms with van der Waals surface area (Å²) in [6, 6.07) is 0. The molecule has 2 heterocycles. The van der Waals surface area contributed by atoms with Crippen molar-refractivity contribution in [2.75, 3.05) is 13.1 Å². The Bertz CT molecular complexity index is 455. The van der Waals surface area contributed by atoms with Crippen LogP contribution in [0.2, 0.25) is 0 Å². The SMILES string of the molecule is CCC(C)(C)C1CCc2[nH]nc(C3CCCNC3)c2C1. The lowest BCUT2D eigenvalue weighted by atomic mass is 9.68. The smallest absolute Gasteiger partial charge is 0.0700 e. The normalized spacial score (nSPS) is 27.4. The van der Waals surface area contributed by atoms with Crippen LogP contribution in [0.5, 0.6) is 0 Å². The molecule has 2 aliphatic rings. The molecular formula is C17H29N3. The van der Waals surface area contributed by atoms with Crippen LogP contribution in [0.25, 0.3) is 0 Å². The Labute approximate surface area is 122 Å². The highest BCUT2D eigenvalue weighted by Crippen LogP contribution is 2.41. The minimum absolute atomic E-state index is 0.455. The van der Waals surface area contributed by atoms with Gasteiger partial charge in [0.25, 0.3) is 0 Å². The predicted octanol–water partition coefficient (Wildman–Crippen LogP) is 3.42. The summed E-state index contributed by atoms with van der Waals surface area (Å²) in [5.74, 6) is 1.44. The van der Waals surface area contributed by atoms with Crippen molar-refractivity contribution in [1.29, 1.82) is 0 Å². The van der Waals surface area contributed by atoms with Crippen molar-refractivity contribution in [3.63, 3.8) is 0 Å². The molecule has 0 spiro atoms. The third kappa shape index (κ3) is 2.52. The van der Waals surface area contributed by atoms with Crippen LogP contribution >= 0.6 is 0 Å². The number of nitrogens with zero attached hydrogens (tertiary/aromatic N) is 1. The van der Waals surface area contributed by atoms with E-state index >= 15 is 0 Å². The van der Waals surface area contributed by atoms with Gasteiger partial charge in [-0.15, -0.1) is 0 Å². The number of rotatable bonds is 3. The van der Waals surface area contributed by atoms with Gasteiger partial charge in [0.1, 0.15) is 0 Å². The maximum absolute atomic E-state index is 4.70. The van der Waals surface area contributed by atoms with Crippen LogP contribution in [-0.4, -0.2) is 23.3 Å². The van der Waals surface area contributed by atoms with Gasteiger partial charge in [0, 0.05) is 18.2 Å². The highest BCUT2D eigenvalue weighted by molar-refractivity contribution is 5.31. The Morgan fingerprint density at radius 2 is 2.15 bits per heavy atom. The van der Waals surface area contributed by atoms with Crippen LogP contribution in [0.3, 0.4) is 0 Å². The van der Waals surface area contributed by atoms with Crippen LogP contribution in [0, 0.1) is 11.3 Å². The van der Waals surface area contributed by atoms with Crippen molar-refractivity contribution in [2.24, 2.45) is 11.3 Å². The van der Waals surface area contributed by atoms with Crippen LogP contribution in [0.1, 0.15) is 69.3 Å². The van der Waals surface area contributed by atoms with E-state index in [4.69, 9.17) is 5.10 Å². The highest BCUT2D eigenvalue weighted by Gasteiger charge is 2.34. The maximum Gasteiger partial charge on any atom is 0.0700 e. The number of piperidine rings is 1. The highest BCUT2D eigenvalue weighted by atomic mass is 15.1. The summed E-state index contributed by atoms with van der Waals surface area (Å²) in [6.07, 6.45) is 7.60. The lowest BCUT2D eigenvalue weighted by molar-refractivity contribution is 0.182. The van der Waals surface area contributed by atoms with Gasteiger partial charge in [0.2, 0.25) is 0 Å². The molecule has 1 aliphatic heterocycles. The summed E-state index contributed by atoms with van der Waals surface area (Å²) < 4.78 is 0. The van der Waals surface area contributed by atoms with E-state index in [-0.39, 0.29) is 0 Å². The second-order valence-electron chi connectivity index (χ2n) is 7.39. The molecule has 2 atom stereocenters. The Hall–Kier alpha value is -0.830. The van der Waals surface area contributed by atoms with E-state index in [2.05, 4.69) is 31.2 Å². The molecule has 3 rings (SSSR count).